The van der Waals surface area contributed by atoms with Crippen LogP contribution >= 0.6 is 0 Å². The van der Waals surface area contributed by atoms with Crippen molar-refractivity contribution >= 4 is 0 Å². The van der Waals surface area contributed by atoms with Crippen LogP contribution in [0.25, 0.3) is 0 Å². The molecule has 0 radical (unpaired) electrons. The summed E-state index contributed by atoms with van der Waals surface area (Å²) in [5.41, 5.74) is 4.42. The first kappa shape index (κ1) is 13.1. The van der Waals surface area contributed by atoms with Crippen molar-refractivity contribution in [1.29, 1.82) is 0 Å². The van der Waals surface area contributed by atoms with E-state index in [1.807, 2.05) is 24.3 Å². The third kappa shape index (κ3) is 1.86. The molecule has 21 heavy (non-hydrogen) atoms. The molecule has 108 valence electrons. The molecule has 2 aromatic carbocycles. The van der Waals surface area contributed by atoms with Crippen LogP contribution in [0, 0.1) is 0 Å². The highest BCUT2D eigenvalue weighted by Gasteiger charge is 2.48. The zero-order valence-corrected chi connectivity index (χ0v) is 12.0. The van der Waals surface area contributed by atoms with Crippen LogP contribution < -0.4 is 0 Å². The van der Waals surface area contributed by atoms with E-state index in [4.69, 9.17) is 0 Å². The summed E-state index contributed by atoms with van der Waals surface area (Å²) in [5, 5.41) is 21.3. The Hall–Kier alpha value is -1.64. The van der Waals surface area contributed by atoms with Crippen molar-refractivity contribution < 1.29 is 10.2 Å². The molecule has 1 fully saturated rings. The first-order valence-corrected chi connectivity index (χ1v) is 7.73. The third-order valence-corrected chi connectivity index (χ3v) is 5.33. The lowest BCUT2D eigenvalue weighted by Crippen LogP contribution is -2.32. The molecule has 2 aromatic rings. The van der Waals surface area contributed by atoms with Crippen LogP contribution in [0.3, 0.4) is 0 Å². The van der Waals surface area contributed by atoms with E-state index < -0.39 is 6.10 Å². The van der Waals surface area contributed by atoms with E-state index in [2.05, 4.69) is 24.3 Å². The SMILES string of the molecule is OC1CCC2(C1)c1ccccc1Cc1ccccc1C2O. The van der Waals surface area contributed by atoms with Crippen LogP contribution in [0.5, 0.6) is 0 Å². The standard InChI is InChI=1S/C19H20O2/c20-15-9-10-19(12-15)17-8-4-2-6-14(17)11-13-5-1-3-7-16(13)18(19)21/h1-8,15,18,20-21H,9-12H2. The van der Waals surface area contributed by atoms with E-state index in [-0.39, 0.29) is 11.5 Å². The van der Waals surface area contributed by atoms with Crippen LogP contribution in [0.15, 0.2) is 48.5 Å². The Morgan fingerprint density at radius 2 is 1.62 bits per heavy atom. The Kier molecular flexibility index (Phi) is 2.91. The summed E-state index contributed by atoms with van der Waals surface area (Å²) in [4.78, 5) is 0. The second-order valence-corrected chi connectivity index (χ2v) is 6.49. The van der Waals surface area contributed by atoms with Gasteiger partial charge in [0.25, 0.3) is 0 Å². The molecule has 0 amide bonds. The number of rotatable bonds is 0. The van der Waals surface area contributed by atoms with Gasteiger partial charge in [-0.3, -0.25) is 0 Å². The summed E-state index contributed by atoms with van der Waals surface area (Å²) < 4.78 is 0. The minimum absolute atomic E-state index is 0.307. The van der Waals surface area contributed by atoms with Crippen molar-refractivity contribution in [3.63, 3.8) is 0 Å². The van der Waals surface area contributed by atoms with Gasteiger partial charge in [-0.05, 0) is 47.9 Å². The minimum atomic E-state index is -0.533. The van der Waals surface area contributed by atoms with Crippen molar-refractivity contribution in [2.24, 2.45) is 0 Å². The van der Waals surface area contributed by atoms with Gasteiger partial charge in [0.2, 0.25) is 0 Å². The molecule has 0 bridgehead atoms. The van der Waals surface area contributed by atoms with Gasteiger partial charge in [0.1, 0.15) is 0 Å². The number of fused-ring (bicyclic) bond motifs is 3. The van der Waals surface area contributed by atoms with Crippen molar-refractivity contribution in [2.75, 3.05) is 0 Å². The highest BCUT2D eigenvalue weighted by atomic mass is 16.3. The smallest absolute Gasteiger partial charge is 0.0890 e. The Balaban J connectivity index is 1.97. The summed E-state index contributed by atoms with van der Waals surface area (Å²) in [6.07, 6.45) is 2.29. The lowest BCUT2D eigenvalue weighted by Gasteiger charge is -2.35. The predicted octanol–water partition coefficient (Wildman–Crippen LogP) is 3.11. The van der Waals surface area contributed by atoms with Crippen LogP contribution in [0.2, 0.25) is 0 Å². The largest absolute Gasteiger partial charge is 0.393 e. The van der Waals surface area contributed by atoms with E-state index in [1.165, 1.54) is 16.7 Å². The molecule has 1 saturated carbocycles. The molecule has 0 heterocycles. The lowest BCUT2D eigenvalue weighted by atomic mass is 9.71. The van der Waals surface area contributed by atoms with Crippen LogP contribution in [-0.2, 0) is 11.8 Å². The molecule has 3 unspecified atom stereocenters. The van der Waals surface area contributed by atoms with Gasteiger partial charge in [-0.2, -0.15) is 0 Å². The van der Waals surface area contributed by atoms with Gasteiger partial charge in [0.05, 0.1) is 12.2 Å². The first-order valence-electron chi connectivity index (χ1n) is 7.73. The fourth-order valence-corrected chi connectivity index (χ4v) is 4.31. The molecule has 1 spiro atoms. The molecule has 2 N–H and O–H groups in total. The molecule has 2 nitrogen and oxygen atoms in total. The zero-order chi connectivity index (χ0) is 14.4. The van der Waals surface area contributed by atoms with Gasteiger partial charge < -0.3 is 10.2 Å². The van der Waals surface area contributed by atoms with Crippen LogP contribution in [0.4, 0.5) is 0 Å². The Bertz CT molecular complexity index is 679. The van der Waals surface area contributed by atoms with Crippen molar-refractivity contribution in [2.45, 2.75) is 43.3 Å². The van der Waals surface area contributed by atoms with Gasteiger partial charge in [0.15, 0.2) is 0 Å². The molecule has 0 aromatic heterocycles. The Labute approximate surface area is 125 Å². The van der Waals surface area contributed by atoms with Gasteiger partial charge in [-0.15, -0.1) is 0 Å². The van der Waals surface area contributed by atoms with Crippen molar-refractivity contribution in [1.82, 2.24) is 0 Å². The molecule has 2 aliphatic carbocycles. The summed E-state index contributed by atoms with van der Waals surface area (Å²) in [6.45, 7) is 0. The predicted molar refractivity (Wildman–Crippen MR) is 82.2 cm³/mol. The number of aliphatic hydroxyl groups is 2. The summed E-state index contributed by atoms with van der Waals surface area (Å²) in [5.74, 6) is 0. The average Bonchev–Trinajstić information content (AvgIpc) is 2.86. The molecular formula is C19H20O2. The quantitative estimate of drug-likeness (QED) is 0.778. The maximum absolute atomic E-state index is 11.1. The third-order valence-electron chi connectivity index (χ3n) is 5.33. The van der Waals surface area contributed by atoms with Crippen molar-refractivity contribution in [3.8, 4) is 0 Å². The zero-order valence-electron chi connectivity index (χ0n) is 12.0. The van der Waals surface area contributed by atoms with Gasteiger partial charge in [0, 0.05) is 5.41 Å². The molecular weight excluding hydrogens is 260 g/mol. The molecule has 4 rings (SSSR count). The van der Waals surface area contributed by atoms with Gasteiger partial charge in [-0.25, -0.2) is 0 Å². The van der Waals surface area contributed by atoms with Crippen LogP contribution in [-0.4, -0.2) is 16.3 Å². The highest BCUT2D eigenvalue weighted by molar-refractivity contribution is 5.47. The average molecular weight is 280 g/mol. The normalized spacial score (nSPS) is 30.8. The Morgan fingerprint density at radius 1 is 0.905 bits per heavy atom. The summed E-state index contributed by atoms with van der Waals surface area (Å²) in [7, 11) is 0. The highest BCUT2D eigenvalue weighted by Crippen LogP contribution is 2.53. The van der Waals surface area contributed by atoms with E-state index >= 15 is 0 Å². The van der Waals surface area contributed by atoms with Crippen LogP contribution in [0.1, 0.15) is 47.6 Å². The second kappa shape index (κ2) is 4.69. The van der Waals surface area contributed by atoms with E-state index in [0.717, 1.165) is 24.8 Å². The summed E-state index contributed by atoms with van der Waals surface area (Å²) in [6, 6.07) is 16.6. The summed E-state index contributed by atoms with van der Waals surface area (Å²) >= 11 is 0. The Morgan fingerprint density at radius 3 is 2.38 bits per heavy atom. The fraction of sp³-hybridized carbons (Fsp3) is 0.368. The monoisotopic (exact) mass is 280 g/mol. The molecule has 3 atom stereocenters. The number of hydrogen-bond acceptors (Lipinski definition) is 2. The van der Waals surface area contributed by atoms with Gasteiger partial charge >= 0.3 is 0 Å². The molecule has 2 aliphatic rings. The van der Waals surface area contributed by atoms with E-state index in [0.29, 0.717) is 6.42 Å². The number of aliphatic hydroxyl groups excluding tert-OH is 2. The molecule has 0 aliphatic heterocycles. The molecule has 0 saturated heterocycles. The lowest BCUT2D eigenvalue weighted by molar-refractivity contribution is 0.0701. The topological polar surface area (TPSA) is 40.5 Å². The second-order valence-electron chi connectivity index (χ2n) is 6.49. The maximum atomic E-state index is 11.1. The molecule has 2 heteroatoms. The van der Waals surface area contributed by atoms with E-state index in [9.17, 15) is 10.2 Å². The first-order chi connectivity index (χ1) is 10.2. The maximum Gasteiger partial charge on any atom is 0.0890 e. The minimum Gasteiger partial charge on any atom is -0.393 e. The number of hydrogen-bond donors (Lipinski definition) is 2. The van der Waals surface area contributed by atoms with Crippen molar-refractivity contribution in [3.05, 3.63) is 70.8 Å². The number of benzene rings is 2. The fourth-order valence-electron chi connectivity index (χ4n) is 4.31. The van der Waals surface area contributed by atoms with Gasteiger partial charge in [-0.1, -0.05) is 48.5 Å². The van der Waals surface area contributed by atoms with E-state index in [1.54, 1.807) is 0 Å².